The van der Waals surface area contributed by atoms with Gasteiger partial charge in [-0.15, -0.1) is 11.3 Å². The zero-order valence-electron chi connectivity index (χ0n) is 10.7. The molecular weight excluding hydrogens is 234 g/mol. The largest absolute Gasteiger partial charge is 0.376 e. The van der Waals surface area contributed by atoms with E-state index in [4.69, 9.17) is 10.6 Å². The van der Waals surface area contributed by atoms with Crippen LogP contribution in [0.3, 0.4) is 0 Å². The Hall–Kier alpha value is -0.490. The number of hydrogen-bond donors (Lipinski definition) is 2. The first-order valence-electron chi connectivity index (χ1n) is 6.12. The second-order valence-corrected chi connectivity index (χ2v) is 6.12. The van der Waals surface area contributed by atoms with Crippen molar-refractivity contribution in [1.82, 2.24) is 10.4 Å². The van der Waals surface area contributed by atoms with E-state index in [1.54, 1.807) is 11.3 Å². The maximum atomic E-state index is 5.76. The number of nitrogens with two attached hydrogens (primary N) is 1. The molecule has 1 aromatic rings. The standard InChI is InChI=1S/C12H21N3OS/c1-7-4-5-16-12(7)10(15-13)6-11-14-8(2)9(3)17-11/h7,10,12,15H,4-6,13H2,1-3H3. The van der Waals surface area contributed by atoms with Crippen molar-refractivity contribution in [2.45, 2.75) is 45.8 Å². The molecule has 0 spiro atoms. The highest BCUT2D eigenvalue weighted by Gasteiger charge is 2.32. The molecule has 1 aliphatic rings. The van der Waals surface area contributed by atoms with Gasteiger partial charge in [0.05, 0.1) is 22.8 Å². The van der Waals surface area contributed by atoms with Crippen molar-refractivity contribution in [3.63, 3.8) is 0 Å². The van der Waals surface area contributed by atoms with Gasteiger partial charge in [-0.25, -0.2) is 4.98 Å². The number of hydrazine groups is 1. The fraction of sp³-hybridized carbons (Fsp3) is 0.750. The van der Waals surface area contributed by atoms with Gasteiger partial charge in [0.15, 0.2) is 0 Å². The van der Waals surface area contributed by atoms with Crippen molar-refractivity contribution in [3.05, 3.63) is 15.6 Å². The molecule has 0 aliphatic carbocycles. The molecule has 0 bridgehead atoms. The molecule has 2 heterocycles. The van der Waals surface area contributed by atoms with Crippen molar-refractivity contribution in [2.75, 3.05) is 6.61 Å². The predicted molar refractivity (Wildman–Crippen MR) is 69.9 cm³/mol. The number of aromatic nitrogens is 1. The number of ether oxygens (including phenoxy) is 1. The van der Waals surface area contributed by atoms with Crippen molar-refractivity contribution >= 4 is 11.3 Å². The van der Waals surface area contributed by atoms with Crippen LogP contribution >= 0.6 is 11.3 Å². The van der Waals surface area contributed by atoms with Gasteiger partial charge in [0.1, 0.15) is 0 Å². The lowest BCUT2D eigenvalue weighted by Crippen LogP contribution is -2.47. The van der Waals surface area contributed by atoms with Crippen molar-refractivity contribution in [3.8, 4) is 0 Å². The summed E-state index contributed by atoms with van der Waals surface area (Å²) in [7, 11) is 0. The van der Waals surface area contributed by atoms with Gasteiger partial charge >= 0.3 is 0 Å². The smallest absolute Gasteiger partial charge is 0.0947 e. The summed E-state index contributed by atoms with van der Waals surface area (Å²) >= 11 is 1.76. The molecule has 0 amide bonds. The molecule has 17 heavy (non-hydrogen) atoms. The Kier molecular flexibility index (Phi) is 4.14. The van der Waals surface area contributed by atoms with Gasteiger partial charge in [-0.3, -0.25) is 11.3 Å². The molecule has 96 valence electrons. The van der Waals surface area contributed by atoms with Crippen LogP contribution in [0.5, 0.6) is 0 Å². The number of rotatable bonds is 4. The van der Waals surface area contributed by atoms with E-state index in [0.717, 1.165) is 30.2 Å². The average molecular weight is 255 g/mol. The summed E-state index contributed by atoms with van der Waals surface area (Å²) in [5, 5.41) is 1.14. The number of nitrogens with zero attached hydrogens (tertiary/aromatic N) is 1. The average Bonchev–Trinajstić information content (AvgIpc) is 2.83. The number of aryl methyl sites for hydroxylation is 2. The van der Waals surface area contributed by atoms with Crippen LogP contribution in [0.4, 0.5) is 0 Å². The highest BCUT2D eigenvalue weighted by molar-refractivity contribution is 7.11. The first-order valence-corrected chi connectivity index (χ1v) is 6.94. The van der Waals surface area contributed by atoms with E-state index >= 15 is 0 Å². The Morgan fingerprint density at radius 3 is 2.82 bits per heavy atom. The lowest BCUT2D eigenvalue weighted by Gasteiger charge is -2.24. The fourth-order valence-electron chi connectivity index (χ4n) is 2.32. The van der Waals surface area contributed by atoms with Gasteiger partial charge in [-0.1, -0.05) is 6.92 Å². The summed E-state index contributed by atoms with van der Waals surface area (Å²) in [6.45, 7) is 7.23. The van der Waals surface area contributed by atoms with E-state index in [1.165, 1.54) is 4.88 Å². The van der Waals surface area contributed by atoms with Gasteiger partial charge in [-0.05, 0) is 26.2 Å². The third-order valence-corrected chi connectivity index (χ3v) is 4.62. The Morgan fingerprint density at radius 2 is 2.35 bits per heavy atom. The molecule has 3 unspecified atom stereocenters. The maximum absolute atomic E-state index is 5.76. The minimum atomic E-state index is 0.164. The van der Waals surface area contributed by atoms with Gasteiger partial charge in [0.25, 0.3) is 0 Å². The Balaban J connectivity index is 2.04. The molecule has 1 fully saturated rings. The molecule has 0 radical (unpaired) electrons. The van der Waals surface area contributed by atoms with Crippen molar-refractivity contribution < 1.29 is 4.74 Å². The molecule has 4 nitrogen and oxygen atoms in total. The minimum Gasteiger partial charge on any atom is -0.376 e. The second-order valence-electron chi connectivity index (χ2n) is 4.83. The van der Waals surface area contributed by atoms with E-state index in [0.29, 0.717) is 5.92 Å². The first-order chi connectivity index (χ1) is 8.11. The van der Waals surface area contributed by atoms with Crippen LogP contribution in [-0.4, -0.2) is 23.7 Å². The lowest BCUT2D eigenvalue weighted by atomic mass is 9.96. The minimum absolute atomic E-state index is 0.164. The lowest BCUT2D eigenvalue weighted by molar-refractivity contribution is 0.0610. The van der Waals surface area contributed by atoms with E-state index in [2.05, 4.69) is 31.2 Å². The molecule has 0 aromatic carbocycles. The quantitative estimate of drug-likeness (QED) is 0.633. The van der Waals surface area contributed by atoms with Crippen molar-refractivity contribution in [2.24, 2.45) is 11.8 Å². The topological polar surface area (TPSA) is 60.2 Å². The molecule has 1 aliphatic heterocycles. The molecule has 3 N–H and O–H groups in total. The Morgan fingerprint density at radius 1 is 1.59 bits per heavy atom. The van der Waals surface area contributed by atoms with E-state index in [-0.39, 0.29) is 12.1 Å². The van der Waals surface area contributed by atoms with E-state index in [1.807, 2.05) is 0 Å². The third kappa shape index (κ3) is 2.85. The molecule has 2 rings (SSSR count). The zero-order chi connectivity index (χ0) is 12.4. The van der Waals surface area contributed by atoms with Gasteiger partial charge in [-0.2, -0.15) is 0 Å². The Bertz CT molecular complexity index is 360. The predicted octanol–water partition coefficient (Wildman–Crippen LogP) is 1.56. The van der Waals surface area contributed by atoms with Crippen LogP contribution in [-0.2, 0) is 11.2 Å². The van der Waals surface area contributed by atoms with Crippen LogP contribution in [0.1, 0.15) is 28.9 Å². The summed E-state index contributed by atoms with van der Waals surface area (Å²) in [6, 6.07) is 0.164. The first kappa shape index (κ1) is 13.0. The fourth-order valence-corrected chi connectivity index (χ4v) is 3.31. The Labute approximate surface area is 107 Å². The highest BCUT2D eigenvalue weighted by Crippen LogP contribution is 2.26. The third-order valence-electron chi connectivity index (χ3n) is 3.52. The van der Waals surface area contributed by atoms with Crippen molar-refractivity contribution in [1.29, 1.82) is 0 Å². The summed E-state index contributed by atoms with van der Waals surface area (Å²) in [5.41, 5.74) is 4.02. The SMILES string of the molecule is Cc1nc(CC(NN)C2OCCC2C)sc1C. The molecular formula is C12H21N3OS. The second kappa shape index (κ2) is 5.44. The van der Waals surface area contributed by atoms with Gasteiger partial charge in [0, 0.05) is 17.9 Å². The molecule has 3 atom stereocenters. The highest BCUT2D eigenvalue weighted by atomic mass is 32.1. The van der Waals surface area contributed by atoms with Crippen LogP contribution in [0, 0.1) is 19.8 Å². The van der Waals surface area contributed by atoms with E-state index in [9.17, 15) is 0 Å². The summed E-state index contributed by atoms with van der Waals surface area (Å²) in [4.78, 5) is 5.85. The van der Waals surface area contributed by atoms with Crippen LogP contribution in [0.2, 0.25) is 0 Å². The van der Waals surface area contributed by atoms with Crippen LogP contribution < -0.4 is 11.3 Å². The normalized spacial score (nSPS) is 26.4. The van der Waals surface area contributed by atoms with Gasteiger partial charge in [0.2, 0.25) is 0 Å². The number of thiazole rings is 1. The maximum Gasteiger partial charge on any atom is 0.0947 e. The monoisotopic (exact) mass is 255 g/mol. The molecule has 0 saturated carbocycles. The summed E-state index contributed by atoms with van der Waals surface area (Å²) < 4.78 is 5.76. The van der Waals surface area contributed by atoms with Crippen LogP contribution in [0.15, 0.2) is 0 Å². The summed E-state index contributed by atoms with van der Waals surface area (Å²) in [6.07, 6.45) is 2.19. The van der Waals surface area contributed by atoms with Gasteiger partial charge < -0.3 is 4.74 Å². The molecule has 5 heteroatoms. The summed E-state index contributed by atoms with van der Waals surface area (Å²) in [5.74, 6) is 6.22. The van der Waals surface area contributed by atoms with Crippen LogP contribution in [0.25, 0.3) is 0 Å². The van der Waals surface area contributed by atoms with E-state index < -0.39 is 0 Å². The zero-order valence-corrected chi connectivity index (χ0v) is 11.5. The molecule has 1 saturated heterocycles. The number of hydrogen-bond acceptors (Lipinski definition) is 5. The number of nitrogens with one attached hydrogen (secondary N) is 1. The molecule has 1 aromatic heterocycles.